The molecule has 1 aromatic rings. The maximum atomic E-state index is 11.5. The van der Waals surface area contributed by atoms with Gasteiger partial charge in [-0.1, -0.05) is 13.8 Å². The standard InChI is InChI=1S/C13H22N4O3/c1-10(2)7-11(12(18)19)8-16-13(20)15-4-6-17-5-3-14-9-17/h3,5,9-11H,4,6-8H2,1-2H3,(H,18,19)(H2,15,16,20). The van der Waals surface area contributed by atoms with Gasteiger partial charge in [0.05, 0.1) is 12.2 Å². The number of urea groups is 1. The van der Waals surface area contributed by atoms with Gasteiger partial charge in [0.15, 0.2) is 0 Å². The van der Waals surface area contributed by atoms with Gasteiger partial charge in [-0.15, -0.1) is 0 Å². The summed E-state index contributed by atoms with van der Waals surface area (Å²) in [6.07, 6.45) is 5.69. The van der Waals surface area contributed by atoms with Crippen LogP contribution in [0.1, 0.15) is 20.3 Å². The monoisotopic (exact) mass is 282 g/mol. The zero-order valence-corrected chi connectivity index (χ0v) is 11.9. The molecule has 20 heavy (non-hydrogen) atoms. The molecule has 1 atom stereocenters. The fraction of sp³-hybridized carbons (Fsp3) is 0.615. The van der Waals surface area contributed by atoms with Crippen molar-refractivity contribution in [3.63, 3.8) is 0 Å². The fourth-order valence-electron chi connectivity index (χ4n) is 1.84. The Balaban J connectivity index is 2.22. The third-order valence-electron chi connectivity index (χ3n) is 2.83. The number of carbonyl (C=O) groups is 2. The molecular weight excluding hydrogens is 260 g/mol. The van der Waals surface area contributed by atoms with Crippen molar-refractivity contribution in [2.45, 2.75) is 26.8 Å². The Kier molecular flexibility index (Phi) is 6.55. The second kappa shape index (κ2) is 8.19. The van der Waals surface area contributed by atoms with E-state index in [4.69, 9.17) is 5.11 Å². The largest absolute Gasteiger partial charge is 0.481 e. The molecule has 0 fully saturated rings. The summed E-state index contributed by atoms with van der Waals surface area (Å²) in [5.41, 5.74) is 0. The highest BCUT2D eigenvalue weighted by Gasteiger charge is 2.19. The van der Waals surface area contributed by atoms with Gasteiger partial charge in [-0.2, -0.15) is 0 Å². The summed E-state index contributed by atoms with van der Waals surface area (Å²) in [6, 6.07) is -0.347. The number of carboxylic acids is 1. The van der Waals surface area contributed by atoms with Crippen LogP contribution in [0.15, 0.2) is 18.7 Å². The number of carbonyl (C=O) groups excluding carboxylic acids is 1. The molecule has 0 saturated heterocycles. The van der Waals surface area contributed by atoms with Crippen LogP contribution in [0.3, 0.4) is 0 Å². The number of imidazole rings is 1. The van der Waals surface area contributed by atoms with Gasteiger partial charge in [-0.05, 0) is 12.3 Å². The number of hydrogen-bond donors (Lipinski definition) is 3. The topological polar surface area (TPSA) is 96.3 Å². The molecular formula is C13H22N4O3. The first-order valence-corrected chi connectivity index (χ1v) is 6.69. The Morgan fingerprint density at radius 3 is 2.65 bits per heavy atom. The maximum absolute atomic E-state index is 11.5. The number of amides is 2. The van der Waals surface area contributed by atoms with E-state index in [1.165, 1.54) is 0 Å². The Labute approximate surface area is 118 Å². The molecule has 1 unspecified atom stereocenters. The lowest BCUT2D eigenvalue weighted by molar-refractivity contribution is -0.142. The van der Waals surface area contributed by atoms with Crippen LogP contribution in [-0.4, -0.2) is 39.7 Å². The van der Waals surface area contributed by atoms with Crippen LogP contribution in [0.5, 0.6) is 0 Å². The molecule has 0 spiro atoms. The molecule has 0 saturated carbocycles. The summed E-state index contributed by atoms with van der Waals surface area (Å²) in [7, 11) is 0. The highest BCUT2D eigenvalue weighted by molar-refractivity contribution is 5.75. The van der Waals surface area contributed by atoms with Gasteiger partial charge in [0.1, 0.15) is 0 Å². The molecule has 0 aliphatic heterocycles. The average Bonchev–Trinajstić information content (AvgIpc) is 2.86. The van der Waals surface area contributed by atoms with Crippen molar-refractivity contribution < 1.29 is 14.7 Å². The minimum Gasteiger partial charge on any atom is -0.481 e. The van der Waals surface area contributed by atoms with E-state index < -0.39 is 11.9 Å². The first kappa shape index (κ1) is 16.0. The number of hydrogen-bond acceptors (Lipinski definition) is 3. The number of nitrogens with one attached hydrogen (secondary N) is 2. The van der Waals surface area contributed by atoms with Gasteiger partial charge in [0.25, 0.3) is 0 Å². The maximum Gasteiger partial charge on any atom is 0.314 e. The van der Waals surface area contributed by atoms with Crippen molar-refractivity contribution in [1.29, 1.82) is 0 Å². The third-order valence-corrected chi connectivity index (χ3v) is 2.83. The number of aromatic nitrogens is 2. The predicted molar refractivity (Wildman–Crippen MR) is 74.2 cm³/mol. The molecule has 0 radical (unpaired) electrons. The van der Waals surface area contributed by atoms with E-state index in [9.17, 15) is 9.59 Å². The predicted octanol–water partition coefficient (Wildman–Crippen LogP) is 0.929. The Morgan fingerprint density at radius 1 is 1.35 bits per heavy atom. The molecule has 1 heterocycles. The highest BCUT2D eigenvalue weighted by atomic mass is 16.4. The van der Waals surface area contributed by atoms with Crippen LogP contribution in [-0.2, 0) is 11.3 Å². The summed E-state index contributed by atoms with van der Waals surface area (Å²) in [5.74, 6) is -1.14. The number of rotatable bonds is 8. The van der Waals surface area contributed by atoms with Crippen LogP contribution in [0, 0.1) is 11.8 Å². The molecule has 0 aliphatic carbocycles. The molecule has 0 aliphatic rings. The van der Waals surface area contributed by atoms with Gasteiger partial charge in [0, 0.05) is 32.0 Å². The lowest BCUT2D eigenvalue weighted by Crippen LogP contribution is -2.41. The van der Waals surface area contributed by atoms with Gasteiger partial charge < -0.3 is 20.3 Å². The van der Waals surface area contributed by atoms with E-state index in [0.29, 0.717) is 19.5 Å². The highest BCUT2D eigenvalue weighted by Crippen LogP contribution is 2.10. The zero-order valence-electron chi connectivity index (χ0n) is 11.9. The van der Waals surface area contributed by atoms with E-state index in [2.05, 4.69) is 15.6 Å². The molecule has 1 rings (SSSR count). The normalized spacial score (nSPS) is 12.2. The van der Waals surface area contributed by atoms with E-state index in [0.717, 1.165) is 0 Å². The van der Waals surface area contributed by atoms with Crippen LogP contribution in [0.2, 0.25) is 0 Å². The second-order valence-corrected chi connectivity index (χ2v) is 5.10. The first-order valence-electron chi connectivity index (χ1n) is 6.69. The first-order chi connectivity index (χ1) is 9.49. The summed E-state index contributed by atoms with van der Waals surface area (Å²) in [4.78, 5) is 26.5. The smallest absolute Gasteiger partial charge is 0.314 e. The van der Waals surface area contributed by atoms with Crippen LogP contribution in [0.25, 0.3) is 0 Å². The molecule has 1 aromatic heterocycles. The molecule has 2 amide bonds. The van der Waals surface area contributed by atoms with E-state index >= 15 is 0 Å². The van der Waals surface area contributed by atoms with E-state index in [-0.39, 0.29) is 18.5 Å². The Morgan fingerprint density at radius 2 is 2.10 bits per heavy atom. The number of carboxylic acid groups (broad SMARTS) is 1. The molecule has 0 aromatic carbocycles. The lowest BCUT2D eigenvalue weighted by Gasteiger charge is -2.15. The minimum atomic E-state index is -0.877. The van der Waals surface area contributed by atoms with E-state index in [1.807, 2.05) is 24.6 Å². The van der Waals surface area contributed by atoms with Crippen molar-refractivity contribution in [1.82, 2.24) is 20.2 Å². The van der Waals surface area contributed by atoms with Crippen molar-refractivity contribution in [2.24, 2.45) is 11.8 Å². The molecule has 7 nitrogen and oxygen atoms in total. The molecule has 7 heteroatoms. The summed E-state index contributed by atoms with van der Waals surface area (Å²) in [6.45, 7) is 5.15. The summed E-state index contributed by atoms with van der Waals surface area (Å²) < 4.78 is 1.85. The fourth-order valence-corrected chi connectivity index (χ4v) is 1.84. The lowest BCUT2D eigenvalue weighted by atomic mass is 9.97. The van der Waals surface area contributed by atoms with Gasteiger partial charge >= 0.3 is 12.0 Å². The molecule has 3 N–H and O–H groups in total. The number of nitrogens with zero attached hydrogens (tertiary/aromatic N) is 2. The summed E-state index contributed by atoms with van der Waals surface area (Å²) in [5, 5.41) is 14.3. The minimum absolute atomic E-state index is 0.143. The number of aliphatic carboxylic acids is 1. The second-order valence-electron chi connectivity index (χ2n) is 5.10. The van der Waals surface area contributed by atoms with Gasteiger partial charge in [-0.3, -0.25) is 4.79 Å². The summed E-state index contributed by atoms with van der Waals surface area (Å²) >= 11 is 0. The average molecular weight is 282 g/mol. The van der Waals surface area contributed by atoms with Crippen molar-refractivity contribution >= 4 is 12.0 Å². The van der Waals surface area contributed by atoms with Crippen LogP contribution in [0.4, 0.5) is 4.79 Å². The molecule has 0 bridgehead atoms. The quantitative estimate of drug-likeness (QED) is 0.661. The Bertz CT molecular complexity index is 417. The van der Waals surface area contributed by atoms with Crippen LogP contribution >= 0.6 is 0 Å². The van der Waals surface area contributed by atoms with Crippen LogP contribution < -0.4 is 10.6 Å². The zero-order chi connectivity index (χ0) is 15.0. The van der Waals surface area contributed by atoms with Crippen molar-refractivity contribution in [2.75, 3.05) is 13.1 Å². The van der Waals surface area contributed by atoms with Gasteiger partial charge in [0.2, 0.25) is 0 Å². The Hall–Kier alpha value is -2.05. The van der Waals surface area contributed by atoms with E-state index in [1.54, 1.807) is 12.5 Å². The SMILES string of the molecule is CC(C)CC(CNC(=O)NCCn1ccnc1)C(=O)O. The third kappa shape index (κ3) is 6.21. The van der Waals surface area contributed by atoms with Crippen molar-refractivity contribution in [3.8, 4) is 0 Å². The van der Waals surface area contributed by atoms with Gasteiger partial charge in [-0.25, -0.2) is 9.78 Å². The molecule has 112 valence electrons. The van der Waals surface area contributed by atoms with Crippen molar-refractivity contribution in [3.05, 3.63) is 18.7 Å².